The Morgan fingerprint density at radius 3 is 2.91 bits per heavy atom. The molecular weight excluding hydrogens is 300 g/mol. The molecule has 1 amide bonds. The number of nitrogens with zero attached hydrogens (tertiary/aromatic N) is 3. The van der Waals surface area contributed by atoms with Gasteiger partial charge in [-0.05, 0) is 29.8 Å². The number of phenols is 1. The van der Waals surface area contributed by atoms with E-state index in [9.17, 15) is 9.90 Å². The number of hydrogen-bond donors (Lipinski definition) is 2. The Morgan fingerprint density at radius 1 is 1.27 bits per heavy atom. The number of pyridine rings is 1. The smallest absolute Gasteiger partial charge is 0.239 e. The highest BCUT2D eigenvalue weighted by atomic mass is 32.2. The molecule has 1 aliphatic heterocycles. The van der Waals surface area contributed by atoms with Crippen LogP contribution in [0.1, 0.15) is 10.9 Å². The molecule has 2 N–H and O–H groups in total. The van der Waals surface area contributed by atoms with Crippen molar-refractivity contribution in [2.75, 3.05) is 10.7 Å². The maximum absolute atomic E-state index is 12.3. The number of hydrogen-bond acceptors (Lipinski definition) is 5. The second-order valence-corrected chi connectivity index (χ2v) is 6.03. The number of carbonyl (C=O) groups is 1. The molecule has 0 saturated carbocycles. The summed E-state index contributed by atoms with van der Waals surface area (Å²) in [5.41, 5.74) is 1.61. The van der Waals surface area contributed by atoms with Gasteiger partial charge in [0.25, 0.3) is 0 Å². The summed E-state index contributed by atoms with van der Waals surface area (Å²) >= 11 is 1.54. The number of benzene rings is 1. The first-order chi connectivity index (χ1) is 10.7. The minimum Gasteiger partial charge on any atom is -0.508 e. The average Bonchev–Trinajstić information content (AvgIpc) is 3.11. The molecule has 0 aliphatic carbocycles. The third-order valence-corrected chi connectivity index (χ3v) is 4.80. The number of aromatic hydroxyl groups is 1. The van der Waals surface area contributed by atoms with Crippen LogP contribution in [0.15, 0.2) is 42.6 Å². The van der Waals surface area contributed by atoms with Gasteiger partial charge in [0, 0.05) is 6.20 Å². The summed E-state index contributed by atoms with van der Waals surface area (Å²) < 4.78 is 0. The van der Waals surface area contributed by atoms with Gasteiger partial charge in [-0.15, -0.1) is 11.8 Å². The van der Waals surface area contributed by atoms with E-state index < -0.39 is 0 Å². The second-order valence-electron chi connectivity index (χ2n) is 4.97. The lowest BCUT2D eigenvalue weighted by molar-refractivity contribution is -0.115. The molecule has 7 heteroatoms. The molecule has 0 radical (unpaired) electrons. The molecule has 2 aromatic heterocycles. The zero-order chi connectivity index (χ0) is 15.1. The van der Waals surface area contributed by atoms with E-state index in [1.165, 1.54) is 0 Å². The Bertz CT molecular complexity index is 846. The van der Waals surface area contributed by atoms with Crippen molar-refractivity contribution in [2.24, 2.45) is 0 Å². The Hall–Kier alpha value is -2.54. The normalized spacial score (nSPS) is 18.3. The molecule has 0 spiro atoms. The average molecular weight is 312 g/mol. The van der Waals surface area contributed by atoms with E-state index in [0.717, 1.165) is 10.9 Å². The third kappa shape index (κ3) is 2.01. The summed E-state index contributed by atoms with van der Waals surface area (Å²) in [6, 6.07) is 10.6. The predicted molar refractivity (Wildman–Crippen MR) is 84.7 cm³/mol. The molecule has 6 nitrogen and oxygen atoms in total. The SMILES string of the molecule is O=C1CS[C@@H](c2ccc(O)cc2)N1c1n[nH]c2ncccc12. The van der Waals surface area contributed by atoms with E-state index in [1.54, 1.807) is 35.0 Å². The van der Waals surface area contributed by atoms with Gasteiger partial charge < -0.3 is 5.11 Å². The second kappa shape index (κ2) is 5.03. The maximum Gasteiger partial charge on any atom is 0.239 e. The topological polar surface area (TPSA) is 82.1 Å². The van der Waals surface area contributed by atoms with Gasteiger partial charge in [-0.1, -0.05) is 12.1 Å². The molecule has 3 aromatic rings. The summed E-state index contributed by atoms with van der Waals surface area (Å²) in [6.45, 7) is 0. The van der Waals surface area contributed by atoms with E-state index in [0.29, 0.717) is 17.2 Å². The van der Waals surface area contributed by atoms with Crippen LogP contribution in [0.3, 0.4) is 0 Å². The number of amides is 1. The lowest BCUT2D eigenvalue weighted by atomic mass is 10.2. The van der Waals surface area contributed by atoms with Crippen molar-refractivity contribution in [3.05, 3.63) is 48.2 Å². The van der Waals surface area contributed by atoms with E-state index in [2.05, 4.69) is 15.2 Å². The van der Waals surface area contributed by atoms with Crippen LogP contribution >= 0.6 is 11.8 Å². The molecule has 22 heavy (non-hydrogen) atoms. The van der Waals surface area contributed by atoms with Gasteiger partial charge in [-0.25, -0.2) is 4.98 Å². The van der Waals surface area contributed by atoms with E-state index in [4.69, 9.17) is 0 Å². The van der Waals surface area contributed by atoms with Crippen LogP contribution < -0.4 is 4.90 Å². The molecule has 0 bridgehead atoms. The number of carbonyl (C=O) groups excluding carboxylic acids is 1. The summed E-state index contributed by atoms with van der Waals surface area (Å²) in [4.78, 5) is 18.3. The number of fused-ring (bicyclic) bond motifs is 1. The Kier molecular flexibility index (Phi) is 3.00. The largest absolute Gasteiger partial charge is 0.508 e. The first-order valence-corrected chi connectivity index (χ1v) is 7.80. The first kappa shape index (κ1) is 13.1. The standard InChI is InChI=1S/C15H12N4O2S/c20-10-5-3-9(4-6-10)15-19(12(21)8-22-15)14-11-2-1-7-16-13(11)17-18-14/h1-7,15,20H,8H2,(H,16,17,18)/t15-/m0/s1. The summed E-state index contributed by atoms with van der Waals surface area (Å²) in [5, 5.41) is 17.2. The van der Waals surface area contributed by atoms with E-state index >= 15 is 0 Å². The molecule has 4 rings (SSSR count). The zero-order valence-electron chi connectivity index (χ0n) is 11.4. The van der Waals surface area contributed by atoms with Crippen molar-refractivity contribution < 1.29 is 9.90 Å². The molecule has 1 saturated heterocycles. The van der Waals surface area contributed by atoms with Gasteiger partial charge in [0.05, 0.1) is 11.1 Å². The van der Waals surface area contributed by atoms with Crippen molar-refractivity contribution in [3.63, 3.8) is 0 Å². The minimum absolute atomic E-state index is 0.0142. The van der Waals surface area contributed by atoms with Crippen molar-refractivity contribution >= 4 is 34.5 Å². The zero-order valence-corrected chi connectivity index (χ0v) is 12.2. The first-order valence-electron chi connectivity index (χ1n) is 6.76. The lowest BCUT2D eigenvalue weighted by Gasteiger charge is -2.22. The number of nitrogens with one attached hydrogen (secondary N) is 1. The van der Waals surface area contributed by atoms with E-state index in [-0.39, 0.29) is 17.0 Å². The number of aromatic nitrogens is 3. The fourth-order valence-corrected chi connectivity index (χ4v) is 3.72. The summed E-state index contributed by atoms with van der Waals surface area (Å²) in [5.74, 6) is 1.22. The lowest BCUT2D eigenvalue weighted by Crippen LogP contribution is -2.28. The maximum atomic E-state index is 12.3. The van der Waals surface area contributed by atoms with Crippen LogP contribution in [0.2, 0.25) is 0 Å². The quantitative estimate of drug-likeness (QED) is 0.759. The van der Waals surface area contributed by atoms with Crippen LogP contribution in [0.4, 0.5) is 5.82 Å². The molecule has 3 heterocycles. The van der Waals surface area contributed by atoms with Crippen LogP contribution in [0.25, 0.3) is 11.0 Å². The molecule has 1 atom stereocenters. The van der Waals surface area contributed by atoms with Crippen LogP contribution in [0.5, 0.6) is 5.75 Å². The Labute approximate surface area is 130 Å². The predicted octanol–water partition coefficient (Wildman–Crippen LogP) is 2.44. The molecular formula is C15H12N4O2S. The van der Waals surface area contributed by atoms with Crippen LogP contribution in [-0.2, 0) is 4.79 Å². The van der Waals surface area contributed by atoms with Gasteiger partial charge in [0.2, 0.25) is 5.91 Å². The van der Waals surface area contributed by atoms with Crippen molar-refractivity contribution in [1.82, 2.24) is 15.2 Å². The molecule has 1 aliphatic rings. The Balaban J connectivity index is 1.80. The summed E-state index contributed by atoms with van der Waals surface area (Å²) in [6.07, 6.45) is 1.68. The van der Waals surface area contributed by atoms with Crippen LogP contribution in [-0.4, -0.2) is 31.9 Å². The fourth-order valence-electron chi connectivity index (χ4n) is 2.56. The third-order valence-electron chi connectivity index (χ3n) is 3.59. The molecule has 0 unspecified atom stereocenters. The van der Waals surface area contributed by atoms with Gasteiger partial charge in [-0.3, -0.25) is 14.8 Å². The van der Waals surface area contributed by atoms with Crippen molar-refractivity contribution in [2.45, 2.75) is 5.37 Å². The minimum atomic E-state index is -0.153. The van der Waals surface area contributed by atoms with Gasteiger partial charge in [0.15, 0.2) is 11.5 Å². The number of phenolic OH excluding ortho intramolecular Hbond substituents is 1. The molecule has 1 aromatic carbocycles. The van der Waals surface area contributed by atoms with Gasteiger partial charge in [-0.2, -0.15) is 5.10 Å². The molecule has 110 valence electrons. The van der Waals surface area contributed by atoms with Crippen LogP contribution in [0, 0.1) is 0 Å². The van der Waals surface area contributed by atoms with Gasteiger partial charge in [0.1, 0.15) is 11.1 Å². The number of aromatic amines is 1. The van der Waals surface area contributed by atoms with Gasteiger partial charge >= 0.3 is 0 Å². The number of thioether (sulfide) groups is 1. The van der Waals surface area contributed by atoms with Crippen molar-refractivity contribution in [3.8, 4) is 5.75 Å². The summed E-state index contributed by atoms with van der Waals surface area (Å²) in [7, 11) is 0. The van der Waals surface area contributed by atoms with Crippen molar-refractivity contribution in [1.29, 1.82) is 0 Å². The highest BCUT2D eigenvalue weighted by Crippen LogP contribution is 2.42. The highest BCUT2D eigenvalue weighted by molar-refractivity contribution is 8.00. The monoisotopic (exact) mass is 312 g/mol. The number of anilines is 1. The Morgan fingerprint density at radius 2 is 2.09 bits per heavy atom. The number of rotatable bonds is 2. The highest BCUT2D eigenvalue weighted by Gasteiger charge is 2.36. The number of H-pyrrole nitrogens is 1. The van der Waals surface area contributed by atoms with E-state index in [1.807, 2.05) is 24.3 Å². The molecule has 1 fully saturated rings. The fraction of sp³-hybridized carbons (Fsp3) is 0.133.